The average Bonchev–Trinajstić information content (AvgIpc) is 2.63. The maximum atomic E-state index is 4.89. The molecule has 3 heteroatoms. The van der Waals surface area contributed by atoms with Crippen molar-refractivity contribution < 1.29 is 0 Å². The average molecular weight is 334 g/mol. The molecule has 1 heterocycles. The third-order valence-corrected chi connectivity index (χ3v) is 5.10. The van der Waals surface area contributed by atoms with Gasteiger partial charge < -0.3 is 0 Å². The Morgan fingerprint density at radius 2 is 1.54 bits per heavy atom. The topological polar surface area (TPSA) is 25.8 Å². The number of benzene rings is 2. The van der Waals surface area contributed by atoms with Gasteiger partial charge in [0.1, 0.15) is 5.03 Å². The van der Waals surface area contributed by atoms with Crippen LogP contribution in [0.2, 0.25) is 0 Å². The van der Waals surface area contributed by atoms with Crippen LogP contribution in [-0.2, 0) is 6.42 Å². The molecule has 0 fully saturated rings. The fourth-order valence-electron chi connectivity index (χ4n) is 2.61. The van der Waals surface area contributed by atoms with Crippen LogP contribution >= 0.6 is 11.8 Å². The molecular weight excluding hydrogens is 312 g/mol. The molecule has 0 saturated heterocycles. The second-order valence-electron chi connectivity index (χ2n) is 5.79. The molecule has 2 aromatic carbocycles. The van der Waals surface area contributed by atoms with Gasteiger partial charge in [0, 0.05) is 23.2 Å². The van der Waals surface area contributed by atoms with Crippen molar-refractivity contribution >= 4 is 11.8 Å². The first-order chi connectivity index (χ1) is 11.8. The Hall–Kier alpha value is -2.13. The Morgan fingerprint density at radius 1 is 0.875 bits per heavy atom. The molecule has 0 N–H and O–H groups in total. The first-order valence-corrected chi connectivity index (χ1v) is 9.36. The Morgan fingerprint density at radius 3 is 2.21 bits per heavy atom. The number of rotatable bonds is 6. The maximum absolute atomic E-state index is 4.89. The molecule has 2 nitrogen and oxygen atoms in total. The zero-order valence-electron chi connectivity index (χ0n) is 14.2. The van der Waals surface area contributed by atoms with Crippen molar-refractivity contribution in [3.63, 3.8) is 0 Å². The zero-order valence-corrected chi connectivity index (χ0v) is 15.0. The molecule has 0 aliphatic rings. The molecule has 0 bridgehead atoms. The molecule has 3 aromatic rings. The molecule has 3 rings (SSSR count). The summed E-state index contributed by atoms with van der Waals surface area (Å²) in [6.45, 7) is 4.30. The first-order valence-electron chi connectivity index (χ1n) is 8.37. The Labute approximate surface area is 148 Å². The van der Waals surface area contributed by atoms with Gasteiger partial charge in [-0.3, -0.25) is 0 Å². The van der Waals surface area contributed by atoms with Crippen LogP contribution in [0.3, 0.4) is 0 Å². The lowest BCUT2D eigenvalue weighted by atomic mass is 10.1. The fourth-order valence-corrected chi connectivity index (χ4v) is 3.55. The van der Waals surface area contributed by atoms with E-state index in [0.29, 0.717) is 0 Å². The monoisotopic (exact) mass is 334 g/mol. The van der Waals surface area contributed by atoms with E-state index in [0.717, 1.165) is 40.7 Å². The highest BCUT2D eigenvalue weighted by molar-refractivity contribution is 7.99. The van der Waals surface area contributed by atoms with Crippen LogP contribution in [-0.4, -0.2) is 15.7 Å². The number of nitrogens with zero attached hydrogens (tertiary/aromatic N) is 2. The minimum atomic E-state index is 0.823. The smallest absolute Gasteiger partial charge is 0.160 e. The van der Waals surface area contributed by atoms with Crippen molar-refractivity contribution in [1.82, 2.24) is 9.97 Å². The van der Waals surface area contributed by atoms with E-state index in [1.807, 2.05) is 30.0 Å². The maximum Gasteiger partial charge on any atom is 0.160 e. The van der Waals surface area contributed by atoms with E-state index in [1.54, 1.807) is 0 Å². The molecule has 0 aliphatic carbocycles. The molecule has 24 heavy (non-hydrogen) atoms. The number of aromatic nitrogens is 2. The molecule has 122 valence electrons. The number of aryl methyl sites for hydroxylation is 1. The van der Waals surface area contributed by atoms with Crippen LogP contribution in [0.15, 0.2) is 65.7 Å². The second kappa shape index (κ2) is 8.11. The van der Waals surface area contributed by atoms with E-state index in [4.69, 9.17) is 9.97 Å². The van der Waals surface area contributed by atoms with E-state index in [9.17, 15) is 0 Å². The van der Waals surface area contributed by atoms with Gasteiger partial charge in [0.05, 0.1) is 0 Å². The lowest BCUT2D eigenvalue weighted by molar-refractivity contribution is 0.931. The molecule has 1 aromatic heterocycles. The Kier molecular flexibility index (Phi) is 5.65. The van der Waals surface area contributed by atoms with Crippen LogP contribution in [0.25, 0.3) is 11.4 Å². The van der Waals surface area contributed by atoms with E-state index in [-0.39, 0.29) is 0 Å². The number of hydrogen-bond donors (Lipinski definition) is 0. The number of thioether (sulfide) groups is 1. The number of hydrogen-bond acceptors (Lipinski definition) is 3. The third-order valence-electron chi connectivity index (χ3n) is 3.87. The van der Waals surface area contributed by atoms with Gasteiger partial charge in [-0.1, -0.05) is 67.6 Å². The van der Waals surface area contributed by atoms with Crippen molar-refractivity contribution in [3.8, 4) is 11.4 Å². The van der Waals surface area contributed by atoms with Gasteiger partial charge >= 0.3 is 0 Å². The highest BCUT2D eigenvalue weighted by Gasteiger charge is 2.13. The summed E-state index contributed by atoms with van der Waals surface area (Å²) >= 11 is 1.84. The summed E-state index contributed by atoms with van der Waals surface area (Å²) in [4.78, 5) is 9.67. The Bertz CT molecular complexity index is 786. The van der Waals surface area contributed by atoms with E-state index in [1.165, 1.54) is 11.1 Å². The van der Waals surface area contributed by atoms with Gasteiger partial charge in [0.25, 0.3) is 0 Å². The van der Waals surface area contributed by atoms with Crippen molar-refractivity contribution in [2.24, 2.45) is 0 Å². The van der Waals surface area contributed by atoms with Crippen LogP contribution in [0, 0.1) is 6.92 Å². The van der Waals surface area contributed by atoms with Gasteiger partial charge in [-0.05, 0) is 24.7 Å². The van der Waals surface area contributed by atoms with Gasteiger partial charge in [-0.15, -0.1) is 11.8 Å². The zero-order chi connectivity index (χ0) is 16.8. The minimum absolute atomic E-state index is 0.823. The van der Waals surface area contributed by atoms with Gasteiger partial charge in [0.2, 0.25) is 0 Å². The van der Waals surface area contributed by atoms with Crippen LogP contribution in [0.4, 0.5) is 0 Å². The van der Waals surface area contributed by atoms with Crippen molar-refractivity contribution in [2.45, 2.75) is 31.7 Å². The standard InChI is InChI=1S/C21H22N2S/c1-3-14-24-21-19(15-17-10-6-4-7-11-17)16(2)22-20(23-21)18-12-8-5-9-13-18/h4-13H,3,14-15H2,1-2H3. The molecule has 0 atom stereocenters. The molecule has 0 radical (unpaired) electrons. The van der Waals surface area contributed by atoms with E-state index in [2.05, 4.69) is 56.3 Å². The highest BCUT2D eigenvalue weighted by Crippen LogP contribution is 2.28. The summed E-state index contributed by atoms with van der Waals surface area (Å²) < 4.78 is 0. The van der Waals surface area contributed by atoms with Crippen molar-refractivity contribution in [2.75, 3.05) is 5.75 Å². The third kappa shape index (κ3) is 4.04. The van der Waals surface area contributed by atoms with Crippen molar-refractivity contribution in [3.05, 3.63) is 77.5 Å². The predicted octanol–water partition coefficient (Wildman–Crippen LogP) is 5.54. The molecular formula is C21H22N2S. The van der Waals surface area contributed by atoms with E-state index >= 15 is 0 Å². The molecule has 0 spiro atoms. The normalized spacial score (nSPS) is 10.8. The fraction of sp³-hybridized carbons (Fsp3) is 0.238. The Balaban J connectivity index is 2.01. The molecule has 0 aliphatic heterocycles. The van der Waals surface area contributed by atoms with Crippen LogP contribution in [0.1, 0.15) is 30.2 Å². The summed E-state index contributed by atoms with van der Waals surface area (Å²) in [5.74, 6) is 1.90. The van der Waals surface area contributed by atoms with Crippen molar-refractivity contribution in [1.29, 1.82) is 0 Å². The first kappa shape index (κ1) is 16.7. The highest BCUT2D eigenvalue weighted by atomic mass is 32.2. The SMILES string of the molecule is CCCSc1nc(-c2ccccc2)nc(C)c1Cc1ccccc1. The summed E-state index contributed by atoms with van der Waals surface area (Å²) in [5, 5.41) is 1.12. The van der Waals surface area contributed by atoms with E-state index < -0.39 is 0 Å². The quantitative estimate of drug-likeness (QED) is 0.437. The van der Waals surface area contributed by atoms with Gasteiger partial charge in [-0.2, -0.15) is 0 Å². The summed E-state index contributed by atoms with van der Waals surface area (Å²) in [5.41, 5.74) is 4.70. The van der Waals surface area contributed by atoms with Crippen LogP contribution < -0.4 is 0 Å². The van der Waals surface area contributed by atoms with Gasteiger partial charge in [-0.25, -0.2) is 9.97 Å². The molecule has 0 amide bonds. The lowest BCUT2D eigenvalue weighted by Crippen LogP contribution is -2.03. The largest absolute Gasteiger partial charge is 0.233 e. The molecule has 0 saturated carbocycles. The predicted molar refractivity (Wildman–Crippen MR) is 102 cm³/mol. The summed E-state index contributed by atoms with van der Waals surface area (Å²) in [6, 6.07) is 20.8. The molecule has 0 unspecified atom stereocenters. The summed E-state index contributed by atoms with van der Waals surface area (Å²) in [7, 11) is 0. The second-order valence-corrected chi connectivity index (χ2v) is 6.88. The van der Waals surface area contributed by atoms with Crippen LogP contribution in [0.5, 0.6) is 0 Å². The lowest BCUT2D eigenvalue weighted by Gasteiger charge is -2.13. The van der Waals surface area contributed by atoms with Gasteiger partial charge in [0.15, 0.2) is 5.82 Å². The minimum Gasteiger partial charge on any atom is -0.233 e. The summed E-state index contributed by atoms with van der Waals surface area (Å²) in [6.07, 6.45) is 2.02.